The molecule has 0 amide bonds. The van der Waals surface area contributed by atoms with Crippen LogP contribution in [0.1, 0.15) is 61.8 Å². The zero-order valence-corrected chi connectivity index (χ0v) is 27.0. The Morgan fingerprint density at radius 3 is 2.40 bits per heavy atom. The molecule has 1 aliphatic carbocycles. The number of hydrogen-bond acceptors (Lipinski definition) is 6. The predicted molar refractivity (Wildman–Crippen MR) is 176 cm³/mol. The van der Waals surface area contributed by atoms with Crippen LogP contribution in [-0.2, 0) is 27.4 Å². The van der Waals surface area contributed by atoms with E-state index in [-0.39, 0.29) is 54.4 Å². The maximum absolute atomic E-state index is 14.7. The normalized spacial score (nSPS) is 19.8. The first-order valence-electron chi connectivity index (χ1n) is 15.9. The quantitative estimate of drug-likeness (QED) is 0.197. The molecule has 0 saturated heterocycles. The minimum absolute atomic E-state index is 0.0246. The van der Waals surface area contributed by atoms with Crippen LogP contribution in [0.2, 0.25) is 0 Å². The van der Waals surface area contributed by atoms with Crippen molar-refractivity contribution in [3.8, 4) is 11.1 Å². The van der Waals surface area contributed by atoms with Crippen LogP contribution in [0.4, 0.5) is 18.9 Å². The number of aliphatic hydroxyl groups is 1. The fourth-order valence-electron chi connectivity index (χ4n) is 7.18. The molecule has 9 nitrogen and oxygen atoms in total. The molecule has 48 heavy (non-hydrogen) atoms. The van der Waals surface area contributed by atoms with Crippen LogP contribution < -0.4 is 10.9 Å². The van der Waals surface area contributed by atoms with Gasteiger partial charge in [0.15, 0.2) is 11.1 Å². The average molecular weight is 684 g/mol. The van der Waals surface area contributed by atoms with Gasteiger partial charge in [0, 0.05) is 31.2 Å². The van der Waals surface area contributed by atoms with Crippen LogP contribution in [0.15, 0.2) is 76.6 Å². The number of anilines is 1. The maximum atomic E-state index is 14.7. The summed E-state index contributed by atoms with van der Waals surface area (Å²) in [5, 5.41) is 24.4. The van der Waals surface area contributed by atoms with Crippen LogP contribution in [0.3, 0.4) is 0 Å². The third-order valence-electron chi connectivity index (χ3n) is 9.43. The summed E-state index contributed by atoms with van der Waals surface area (Å²) in [4.78, 5) is 27.6. The summed E-state index contributed by atoms with van der Waals surface area (Å²) in [6.45, 7) is 0.724. The average Bonchev–Trinajstić information content (AvgIpc) is 3.56. The van der Waals surface area contributed by atoms with Crippen molar-refractivity contribution in [3.05, 3.63) is 93.8 Å². The number of carbonyl (C=O) groups is 1. The van der Waals surface area contributed by atoms with Crippen molar-refractivity contribution < 1.29 is 36.6 Å². The molecular weight excluding hydrogens is 647 g/mol. The maximum Gasteiger partial charge on any atom is 0.416 e. The predicted octanol–water partition coefficient (Wildman–Crippen LogP) is 6.03. The van der Waals surface area contributed by atoms with E-state index in [1.807, 2.05) is 42.5 Å². The van der Waals surface area contributed by atoms with Gasteiger partial charge < -0.3 is 15.5 Å². The van der Waals surface area contributed by atoms with Gasteiger partial charge in [-0.2, -0.15) is 17.5 Å². The first-order chi connectivity index (χ1) is 22.8. The lowest BCUT2D eigenvalue weighted by Gasteiger charge is -2.40. The van der Waals surface area contributed by atoms with E-state index in [4.69, 9.17) is 0 Å². The number of carboxylic acid groups (broad SMARTS) is 1. The molecule has 2 heterocycles. The van der Waals surface area contributed by atoms with Gasteiger partial charge in [-0.05, 0) is 65.8 Å². The molecule has 1 aromatic heterocycles. The molecule has 2 atom stereocenters. The van der Waals surface area contributed by atoms with E-state index in [9.17, 15) is 41.4 Å². The molecule has 3 aromatic carbocycles. The van der Waals surface area contributed by atoms with Gasteiger partial charge in [0.1, 0.15) is 5.69 Å². The lowest BCUT2D eigenvalue weighted by molar-refractivity contribution is -0.143. The fraction of sp³-hybridized carbons (Fsp3) is 0.371. The molecule has 1 aliphatic heterocycles. The number of hydrogen-bond donors (Lipinski definition) is 3. The van der Waals surface area contributed by atoms with Crippen LogP contribution in [0.5, 0.6) is 0 Å². The highest BCUT2D eigenvalue weighted by atomic mass is 32.2. The van der Waals surface area contributed by atoms with E-state index in [1.54, 1.807) is 0 Å². The van der Waals surface area contributed by atoms with Gasteiger partial charge in [-0.15, -0.1) is 0 Å². The summed E-state index contributed by atoms with van der Waals surface area (Å²) in [7, 11) is -4.71. The monoisotopic (exact) mass is 683 g/mol. The Kier molecular flexibility index (Phi) is 9.14. The molecule has 254 valence electrons. The number of sulfonamides is 1. The van der Waals surface area contributed by atoms with Crippen LogP contribution in [0, 0.1) is 0 Å². The van der Waals surface area contributed by atoms with Gasteiger partial charge in [-0.1, -0.05) is 67.4 Å². The number of alkyl halides is 3. The Morgan fingerprint density at radius 1 is 1.02 bits per heavy atom. The molecule has 1 saturated carbocycles. The Hall–Kier alpha value is -4.20. The second-order valence-corrected chi connectivity index (χ2v) is 14.3. The highest BCUT2D eigenvalue weighted by Crippen LogP contribution is 2.44. The molecule has 0 radical (unpaired) electrons. The first-order valence-corrected chi connectivity index (χ1v) is 17.4. The number of halogens is 3. The molecule has 6 rings (SSSR count). The third kappa shape index (κ3) is 5.99. The molecular formula is C35H36F3N3O6S. The largest absolute Gasteiger partial charge is 0.480 e. The summed E-state index contributed by atoms with van der Waals surface area (Å²) >= 11 is 0. The Morgan fingerprint density at radius 2 is 1.71 bits per heavy atom. The number of fused-ring (bicyclic) bond motifs is 2. The van der Waals surface area contributed by atoms with E-state index in [1.165, 1.54) is 19.1 Å². The van der Waals surface area contributed by atoms with Gasteiger partial charge in [0.25, 0.3) is 15.6 Å². The topological polar surface area (TPSA) is 129 Å². The number of pyridine rings is 1. The lowest BCUT2D eigenvalue weighted by Crippen LogP contribution is -2.55. The molecule has 0 spiro atoms. The number of nitrogens with one attached hydrogen (secondary N) is 1. The number of benzene rings is 3. The molecule has 0 bridgehead atoms. The number of rotatable bonds is 9. The number of aliphatic hydroxyl groups excluding tert-OH is 1. The van der Waals surface area contributed by atoms with Gasteiger partial charge >= 0.3 is 12.1 Å². The second kappa shape index (κ2) is 13.0. The smallest absolute Gasteiger partial charge is 0.416 e. The number of aromatic nitrogens is 1. The molecule has 1 fully saturated rings. The summed E-state index contributed by atoms with van der Waals surface area (Å²) in [6.07, 6.45) is -1.65. The van der Waals surface area contributed by atoms with E-state index in [2.05, 4.69) is 5.32 Å². The van der Waals surface area contributed by atoms with E-state index in [0.717, 1.165) is 44.6 Å². The summed E-state index contributed by atoms with van der Waals surface area (Å²) in [5.74, 6) is -1.47. The van der Waals surface area contributed by atoms with E-state index >= 15 is 0 Å². The number of carboxylic acids is 1. The van der Waals surface area contributed by atoms with Crippen LogP contribution in [0.25, 0.3) is 21.9 Å². The minimum atomic E-state index is -4.77. The number of nitrogens with zero attached hydrogens (tertiary/aromatic N) is 2. The van der Waals surface area contributed by atoms with Crippen molar-refractivity contribution in [2.45, 2.75) is 74.8 Å². The number of aliphatic carboxylic acids is 1. The van der Waals surface area contributed by atoms with Crippen molar-refractivity contribution >= 4 is 32.5 Å². The zero-order valence-electron chi connectivity index (χ0n) is 26.2. The Bertz CT molecular complexity index is 2030. The molecule has 3 N–H and O–H groups in total. The molecule has 2 unspecified atom stereocenters. The van der Waals surface area contributed by atoms with Crippen molar-refractivity contribution in [2.75, 3.05) is 18.5 Å². The SMILES string of the molecule is CC1C(C(=O)O)n2c(c(-c3cccc(C(F)(F)F)c3)c(Cc3cccc4ccccc34)c(NC3CCCC3)c2=O)S(=O)(=O)N1CCCO. The summed E-state index contributed by atoms with van der Waals surface area (Å²) in [6, 6.07) is 14.1. The van der Waals surface area contributed by atoms with Crippen LogP contribution in [-0.4, -0.2) is 58.7 Å². The molecule has 13 heteroatoms. The van der Waals surface area contributed by atoms with Gasteiger partial charge in [0.2, 0.25) is 0 Å². The molecule has 4 aromatic rings. The standard InChI is InChI=1S/C35H36F3N3O6S/c1-21-31(34(44)45)41-32(43)30(39-26-14-3-4-15-26)28(20-23-11-6-10-22-9-2-5-16-27(22)23)29(24-12-7-13-25(19-24)35(36,37)38)33(41)48(46,47)40(21)17-8-18-42/h2,5-7,9-13,16,19,21,26,31,39,42H,3-4,8,14-15,17-18,20H2,1H3,(H,44,45). The zero-order chi connectivity index (χ0) is 34.4. The van der Waals surface area contributed by atoms with E-state index in [0.29, 0.717) is 18.4 Å². The van der Waals surface area contributed by atoms with Crippen LogP contribution >= 0.6 is 0 Å². The lowest BCUT2D eigenvalue weighted by atomic mass is 9.91. The first kappa shape index (κ1) is 33.7. The Balaban J connectivity index is 1.77. The minimum Gasteiger partial charge on any atom is -0.480 e. The highest BCUT2D eigenvalue weighted by molar-refractivity contribution is 7.89. The second-order valence-electron chi connectivity index (χ2n) is 12.4. The summed E-state index contributed by atoms with van der Waals surface area (Å²) in [5.41, 5.74) is -1.34. The van der Waals surface area contributed by atoms with Gasteiger partial charge in [-0.25, -0.2) is 13.2 Å². The van der Waals surface area contributed by atoms with Gasteiger partial charge in [-0.3, -0.25) is 9.36 Å². The fourth-order valence-corrected chi connectivity index (χ4v) is 9.27. The van der Waals surface area contributed by atoms with Crippen molar-refractivity contribution in [1.82, 2.24) is 8.87 Å². The molecule has 2 aliphatic rings. The Labute approximate surface area is 275 Å². The van der Waals surface area contributed by atoms with Crippen molar-refractivity contribution in [2.24, 2.45) is 0 Å². The van der Waals surface area contributed by atoms with E-state index < -0.39 is 50.4 Å². The van der Waals surface area contributed by atoms with Crippen molar-refractivity contribution in [3.63, 3.8) is 0 Å². The third-order valence-corrected chi connectivity index (χ3v) is 11.5. The van der Waals surface area contributed by atoms with Crippen molar-refractivity contribution in [1.29, 1.82) is 0 Å². The summed E-state index contributed by atoms with van der Waals surface area (Å²) < 4.78 is 73.4. The highest BCUT2D eigenvalue weighted by Gasteiger charge is 2.49. The van der Waals surface area contributed by atoms with Gasteiger partial charge in [0.05, 0.1) is 11.6 Å².